The molecule has 0 atom stereocenters. The third-order valence-electron chi connectivity index (χ3n) is 3.29. The number of carbonyl (C=O) groups excluding carboxylic acids is 1. The summed E-state index contributed by atoms with van der Waals surface area (Å²) >= 11 is 1.35. The quantitative estimate of drug-likeness (QED) is 0.785. The molecule has 6 heteroatoms. The molecule has 0 bridgehead atoms. The van der Waals surface area contributed by atoms with Crippen LogP contribution < -0.4 is 5.32 Å². The van der Waals surface area contributed by atoms with Gasteiger partial charge in [0.05, 0.1) is 16.3 Å². The Morgan fingerprint density at radius 3 is 2.81 bits per heavy atom. The van der Waals surface area contributed by atoms with Crippen molar-refractivity contribution in [3.05, 3.63) is 46.2 Å². The van der Waals surface area contributed by atoms with Crippen molar-refractivity contribution in [1.82, 2.24) is 9.78 Å². The van der Waals surface area contributed by atoms with E-state index in [1.54, 1.807) is 22.9 Å². The summed E-state index contributed by atoms with van der Waals surface area (Å²) in [4.78, 5) is 13.7. The lowest BCUT2D eigenvalue weighted by molar-refractivity contribution is 0.103. The Balaban J connectivity index is 1.93. The maximum atomic E-state index is 13.7. The monoisotopic (exact) mass is 303 g/mol. The highest BCUT2D eigenvalue weighted by Gasteiger charge is 2.16. The van der Waals surface area contributed by atoms with Gasteiger partial charge in [-0.05, 0) is 37.6 Å². The zero-order valence-electron chi connectivity index (χ0n) is 11.9. The molecule has 0 unspecified atom stereocenters. The molecule has 1 N–H and O–H groups in total. The van der Waals surface area contributed by atoms with Gasteiger partial charge in [-0.15, -0.1) is 11.3 Å². The summed E-state index contributed by atoms with van der Waals surface area (Å²) in [5.74, 6) is -0.743. The number of fused-ring (bicyclic) bond motifs is 1. The molecule has 0 aliphatic carbocycles. The zero-order chi connectivity index (χ0) is 15.1. The molecule has 0 aliphatic heterocycles. The number of hydrogen-bond acceptors (Lipinski definition) is 3. The lowest BCUT2D eigenvalue weighted by Crippen LogP contribution is -2.11. The van der Waals surface area contributed by atoms with Crippen molar-refractivity contribution < 1.29 is 9.18 Å². The number of nitrogens with one attached hydrogen (secondary N) is 1. The largest absolute Gasteiger partial charge is 0.319 e. The lowest BCUT2D eigenvalue weighted by Gasteiger charge is -2.05. The van der Waals surface area contributed by atoms with Gasteiger partial charge in [-0.25, -0.2) is 4.39 Å². The number of thiophene rings is 1. The van der Waals surface area contributed by atoms with E-state index in [2.05, 4.69) is 10.4 Å². The van der Waals surface area contributed by atoms with Crippen LogP contribution in [0.1, 0.15) is 20.9 Å². The molecular weight excluding hydrogens is 289 g/mol. The van der Waals surface area contributed by atoms with Crippen LogP contribution in [0.2, 0.25) is 0 Å². The molecule has 108 valence electrons. The van der Waals surface area contributed by atoms with Gasteiger partial charge in [-0.1, -0.05) is 6.07 Å². The minimum atomic E-state index is -0.437. The van der Waals surface area contributed by atoms with Gasteiger partial charge in [0.2, 0.25) is 0 Å². The topological polar surface area (TPSA) is 46.9 Å². The molecule has 0 saturated carbocycles. The van der Waals surface area contributed by atoms with Gasteiger partial charge in [0, 0.05) is 12.4 Å². The summed E-state index contributed by atoms with van der Waals surface area (Å²) in [6, 6.07) is 6.43. The molecule has 21 heavy (non-hydrogen) atoms. The molecular formula is C15H14FN3OS. The van der Waals surface area contributed by atoms with Gasteiger partial charge in [-0.2, -0.15) is 5.10 Å². The third-order valence-corrected chi connectivity index (χ3v) is 4.49. The molecule has 1 amide bonds. The number of amides is 1. The smallest absolute Gasteiger partial charge is 0.265 e. The van der Waals surface area contributed by atoms with Crippen LogP contribution in [0.25, 0.3) is 10.2 Å². The van der Waals surface area contributed by atoms with Crippen molar-refractivity contribution in [3.8, 4) is 0 Å². The lowest BCUT2D eigenvalue weighted by atomic mass is 10.2. The molecule has 2 aromatic heterocycles. The second-order valence-corrected chi connectivity index (χ2v) is 6.01. The first-order valence-electron chi connectivity index (χ1n) is 6.46. The highest BCUT2D eigenvalue weighted by Crippen LogP contribution is 2.28. The van der Waals surface area contributed by atoms with Crippen LogP contribution in [0.3, 0.4) is 0 Å². The molecule has 1 aromatic carbocycles. The number of nitrogens with zero attached hydrogens (tertiary/aromatic N) is 2. The van der Waals surface area contributed by atoms with E-state index in [0.29, 0.717) is 4.88 Å². The normalized spacial score (nSPS) is 11.0. The Kier molecular flexibility index (Phi) is 3.25. The Labute approximate surface area is 125 Å². The minimum absolute atomic E-state index is 0.201. The fourth-order valence-corrected chi connectivity index (χ4v) is 3.25. The molecule has 3 rings (SSSR count). The van der Waals surface area contributed by atoms with Crippen molar-refractivity contribution in [2.45, 2.75) is 13.8 Å². The van der Waals surface area contributed by atoms with Crippen LogP contribution in [0.5, 0.6) is 0 Å². The van der Waals surface area contributed by atoms with E-state index in [1.165, 1.54) is 17.4 Å². The number of benzene rings is 1. The first-order chi connectivity index (χ1) is 9.95. The maximum absolute atomic E-state index is 13.7. The van der Waals surface area contributed by atoms with Crippen molar-refractivity contribution in [3.63, 3.8) is 0 Å². The number of anilines is 1. The number of aryl methyl sites for hydroxylation is 3. The van der Waals surface area contributed by atoms with Crippen LogP contribution in [0.4, 0.5) is 10.1 Å². The van der Waals surface area contributed by atoms with Gasteiger partial charge in [0.1, 0.15) is 10.6 Å². The van der Waals surface area contributed by atoms with Gasteiger partial charge in [-0.3, -0.25) is 9.48 Å². The SMILES string of the molecule is Cc1ccc(F)c(NC(=O)c2cc3c(C)nn(C)c3s2)c1. The van der Waals surface area contributed by atoms with E-state index in [4.69, 9.17) is 0 Å². The van der Waals surface area contributed by atoms with Gasteiger partial charge >= 0.3 is 0 Å². The highest BCUT2D eigenvalue weighted by molar-refractivity contribution is 7.20. The van der Waals surface area contributed by atoms with Gasteiger partial charge < -0.3 is 5.32 Å². The predicted octanol–water partition coefficient (Wildman–Crippen LogP) is 3.64. The maximum Gasteiger partial charge on any atom is 0.265 e. The van der Waals surface area contributed by atoms with Gasteiger partial charge in [0.15, 0.2) is 0 Å². The fraction of sp³-hybridized carbons (Fsp3) is 0.200. The fourth-order valence-electron chi connectivity index (χ4n) is 2.24. The van der Waals surface area contributed by atoms with Crippen LogP contribution in [0, 0.1) is 19.7 Å². The second-order valence-electron chi connectivity index (χ2n) is 4.98. The third kappa shape index (κ3) is 2.42. The number of carbonyl (C=O) groups is 1. The van der Waals surface area contributed by atoms with E-state index in [-0.39, 0.29) is 11.6 Å². The van der Waals surface area contributed by atoms with Crippen molar-refractivity contribution in [2.24, 2.45) is 7.05 Å². The van der Waals surface area contributed by atoms with Gasteiger partial charge in [0.25, 0.3) is 5.91 Å². The summed E-state index contributed by atoms with van der Waals surface area (Å²) in [5.41, 5.74) is 1.97. The number of rotatable bonds is 2. The minimum Gasteiger partial charge on any atom is -0.319 e. The second kappa shape index (κ2) is 4.96. The Bertz CT molecular complexity index is 816. The van der Waals surface area contributed by atoms with E-state index < -0.39 is 5.82 Å². The van der Waals surface area contributed by atoms with E-state index >= 15 is 0 Å². The first kappa shape index (κ1) is 13.8. The summed E-state index contributed by atoms with van der Waals surface area (Å²) in [7, 11) is 1.84. The predicted molar refractivity (Wildman–Crippen MR) is 82.4 cm³/mol. The summed E-state index contributed by atoms with van der Waals surface area (Å²) < 4.78 is 15.4. The van der Waals surface area contributed by atoms with Crippen LogP contribution in [0.15, 0.2) is 24.3 Å². The molecule has 4 nitrogen and oxygen atoms in total. The molecule has 3 aromatic rings. The standard InChI is InChI=1S/C15H14FN3OS/c1-8-4-5-11(16)12(6-8)17-14(20)13-7-10-9(2)18-19(3)15(10)21-13/h4-7H,1-3H3,(H,17,20). The summed E-state index contributed by atoms with van der Waals surface area (Å²) in [6.07, 6.45) is 0. The average Bonchev–Trinajstić information content (AvgIpc) is 2.97. The molecule has 0 aliphatic rings. The van der Waals surface area contributed by atoms with E-state index in [0.717, 1.165) is 21.5 Å². The molecule has 0 saturated heterocycles. The van der Waals surface area contributed by atoms with E-state index in [1.807, 2.05) is 20.9 Å². The van der Waals surface area contributed by atoms with Crippen molar-refractivity contribution in [2.75, 3.05) is 5.32 Å². The van der Waals surface area contributed by atoms with Crippen LogP contribution >= 0.6 is 11.3 Å². The molecule has 0 spiro atoms. The van der Waals surface area contributed by atoms with Crippen molar-refractivity contribution >= 4 is 33.1 Å². The Morgan fingerprint density at radius 2 is 2.10 bits per heavy atom. The zero-order valence-corrected chi connectivity index (χ0v) is 12.7. The number of hydrogen-bond donors (Lipinski definition) is 1. The molecule has 0 fully saturated rings. The molecule has 0 radical (unpaired) electrons. The van der Waals surface area contributed by atoms with Crippen LogP contribution in [-0.4, -0.2) is 15.7 Å². The number of aromatic nitrogens is 2. The van der Waals surface area contributed by atoms with Crippen molar-refractivity contribution in [1.29, 1.82) is 0 Å². The average molecular weight is 303 g/mol. The van der Waals surface area contributed by atoms with E-state index in [9.17, 15) is 9.18 Å². The number of halogens is 1. The first-order valence-corrected chi connectivity index (χ1v) is 7.28. The summed E-state index contributed by atoms with van der Waals surface area (Å²) in [6.45, 7) is 3.75. The summed E-state index contributed by atoms with van der Waals surface area (Å²) in [5, 5.41) is 7.88. The van der Waals surface area contributed by atoms with Crippen LogP contribution in [-0.2, 0) is 7.05 Å². The molecule has 2 heterocycles. The highest BCUT2D eigenvalue weighted by atomic mass is 32.1. The Morgan fingerprint density at radius 1 is 1.33 bits per heavy atom. The Hall–Kier alpha value is -2.21.